The molecular formula is C16H17NO5. The normalized spacial score (nSPS) is 15.5. The van der Waals surface area contributed by atoms with E-state index in [-0.39, 0.29) is 5.57 Å². The van der Waals surface area contributed by atoms with Crippen molar-refractivity contribution in [2.45, 2.75) is 12.3 Å². The van der Waals surface area contributed by atoms with E-state index in [1.165, 1.54) is 27.3 Å². The van der Waals surface area contributed by atoms with E-state index in [0.29, 0.717) is 11.3 Å². The van der Waals surface area contributed by atoms with Crippen molar-refractivity contribution in [1.29, 1.82) is 0 Å². The molecular weight excluding hydrogens is 286 g/mol. The van der Waals surface area contributed by atoms with Crippen LogP contribution in [0.25, 0.3) is 0 Å². The van der Waals surface area contributed by atoms with E-state index in [2.05, 4.69) is 0 Å². The number of hydrogen-bond acceptors (Lipinski definition) is 6. The minimum Gasteiger partial charge on any atom is -0.468 e. The third-order valence-electron chi connectivity index (χ3n) is 3.78. The van der Waals surface area contributed by atoms with Crippen LogP contribution in [-0.2, 0) is 29.3 Å². The maximum Gasteiger partial charge on any atom is 0.332 e. The van der Waals surface area contributed by atoms with Crippen molar-refractivity contribution < 1.29 is 23.9 Å². The van der Waals surface area contributed by atoms with Gasteiger partial charge in [-0.25, -0.2) is 0 Å². The predicted molar refractivity (Wildman–Crippen MR) is 79.3 cm³/mol. The van der Waals surface area contributed by atoms with Gasteiger partial charge >= 0.3 is 11.9 Å². The first-order chi connectivity index (χ1) is 10.4. The first kappa shape index (κ1) is 15.8. The molecule has 0 bridgehead atoms. The third kappa shape index (κ3) is 1.99. The van der Waals surface area contributed by atoms with Crippen LogP contribution in [0.3, 0.4) is 0 Å². The van der Waals surface area contributed by atoms with Crippen LogP contribution in [0.1, 0.15) is 12.5 Å². The Morgan fingerprint density at radius 3 is 2.09 bits per heavy atom. The number of methoxy groups -OCH3 is 2. The summed E-state index contributed by atoms with van der Waals surface area (Å²) in [4.78, 5) is 38.9. The SMILES string of the molecule is COC(=O)C1(C(=O)OC)C(C(C)=O)=CN(C)c2ccccc21. The number of Topliss-reactive ketones (excluding diaryl/α,β-unsaturated/α-hetero) is 1. The van der Waals surface area contributed by atoms with Gasteiger partial charge in [0.25, 0.3) is 0 Å². The van der Waals surface area contributed by atoms with Crippen LogP contribution in [0.15, 0.2) is 36.0 Å². The number of anilines is 1. The van der Waals surface area contributed by atoms with Crippen LogP contribution in [0.2, 0.25) is 0 Å². The van der Waals surface area contributed by atoms with Gasteiger partial charge in [0, 0.05) is 30.1 Å². The highest BCUT2D eigenvalue weighted by Gasteiger charge is 2.57. The zero-order valence-corrected chi connectivity index (χ0v) is 12.9. The molecule has 0 N–H and O–H groups in total. The Hall–Kier alpha value is -2.63. The second kappa shape index (κ2) is 5.63. The van der Waals surface area contributed by atoms with Crippen LogP contribution in [-0.4, -0.2) is 39.0 Å². The van der Waals surface area contributed by atoms with Gasteiger partial charge < -0.3 is 14.4 Å². The lowest BCUT2D eigenvalue weighted by molar-refractivity contribution is -0.160. The standard InChI is InChI=1S/C16H17NO5/c1-10(18)12-9-17(2)13-8-6-5-7-11(13)16(12,14(19)21-3)15(20)22-4/h5-9H,1-4H3. The number of esters is 2. The second-order valence-electron chi connectivity index (χ2n) is 4.96. The van der Waals surface area contributed by atoms with Crippen LogP contribution in [0, 0.1) is 0 Å². The molecule has 6 heteroatoms. The van der Waals surface area contributed by atoms with E-state index in [9.17, 15) is 14.4 Å². The van der Waals surface area contributed by atoms with Gasteiger partial charge in [-0.3, -0.25) is 14.4 Å². The summed E-state index contributed by atoms with van der Waals surface area (Å²) >= 11 is 0. The molecule has 22 heavy (non-hydrogen) atoms. The van der Waals surface area contributed by atoms with Crippen molar-refractivity contribution in [2.24, 2.45) is 0 Å². The van der Waals surface area contributed by atoms with Gasteiger partial charge in [0.15, 0.2) is 5.78 Å². The Morgan fingerprint density at radius 1 is 1.05 bits per heavy atom. The minimum atomic E-state index is -1.90. The van der Waals surface area contributed by atoms with Crippen LogP contribution >= 0.6 is 0 Å². The summed E-state index contributed by atoms with van der Waals surface area (Å²) in [5.41, 5.74) is -0.891. The molecule has 1 aliphatic rings. The fourth-order valence-corrected chi connectivity index (χ4v) is 2.79. The lowest BCUT2D eigenvalue weighted by Gasteiger charge is -2.37. The Kier molecular flexibility index (Phi) is 4.03. The molecule has 6 nitrogen and oxygen atoms in total. The maximum absolute atomic E-state index is 12.5. The molecule has 0 unspecified atom stereocenters. The molecule has 2 rings (SSSR count). The van der Waals surface area contributed by atoms with E-state index >= 15 is 0 Å². The van der Waals surface area contributed by atoms with Crippen molar-refractivity contribution >= 4 is 23.4 Å². The predicted octanol–water partition coefficient (Wildman–Crippen LogP) is 1.19. The van der Waals surface area contributed by atoms with E-state index in [4.69, 9.17) is 9.47 Å². The van der Waals surface area contributed by atoms with Crippen LogP contribution < -0.4 is 4.90 Å². The number of ether oxygens (including phenoxy) is 2. The number of ketones is 1. The van der Waals surface area contributed by atoms with E-state index in [1.807, 2.05) is 0 Å². The Morgan fingerprint density at radius 2 is 1.59 bits per heavy atom. The lowest BCUT2D eigenvalue weighted by Crippen LogP contribution is -2.51. The van der Waals surface area contributed by atoms with Crippen LogP contribution in [0.4, 0.5) is 5.69 Å². The fourth-order valence-electron chi connectivity index (χ4n) is 2.79. The van der Waals surface area contributed by atoms with Gasteiger partial charge in [0.1, 0.15) is 0 Å². The van der Waals surface area contributed by atoms with Gasteiger partial charge in [-0.05, 0) is 13.0 Å². The van der Waals surface area contributed by atoms with E-state index in [1.54, 1.807) is 36.2 Å². The summed E-state index contributed by atoms with van der Waals surface area (Å²) in [6.45, 7) is 1.30. The summed E-state index contributed by atoms with van der Waals surface area (Å²) in [6, 6.07) is 6.84. The van der Waals surface area contributed by atoms with Crippen molar-refractivity contribution in [2.75, 3.05) is 26.2 Å². The quantitative estimate of drug-likeness (QED) is 0.617. The number of nitrogens with zero attached hydrogens (tertiary/aromatic N) is 1. The molecule has 1 aliphatic heterocycles. The van der Waals surface area contributed by atoms with Gasteiger partial charge in [-0.15, -0.1) is 0 Å². The summed E-state index contributed by atoms with van der Waals surface area (Å²) in [5, 5.41) is 0. The monoisotopic (exact) mass is 303 g/mol. The lowest BCUT2D eigenvalue weighted by atomic mass is 9.70. The highest BCUT2D eigenvalue weighted by Crippen LogP contribution is 2.44. The highest BCUT2D eigenvalue weighted by atomic mass is 16.5. The summed E-state index contributed by atoms with van der Waals surface area (Å²) in [5.74, 6) is -2.10. The highest BCUT2D eigenvalue weighted by molar-refractivity contribution is 6.19. The number of para-hydroxylation sites is 1. The molecule has 0 radical (unpaired) electrons. The molecule has 0 spiro atoms. The van der Waals surface area contributed by atoms with E-state index < -0.39 is 23.1 Å². The molecule has 0 fully saturated rings. The molecule has 1 aromatic carbocycles. The number of hydrogen-bond donors (Lipinski definition) is 0. The van der Waals surface area contributed by atoms with E-state index in [0.717, 1.165) is 0 Å². The summed E-state index contributed by atoms with van der Waals surface area (Å²) in [7, 11) is 4.08. The molecule has 0 saturated heterocycles. The van der Waals surface area contributed by atoms with Gasteiger partial charge in [0.05, 0.1) is 14.2 Å². The minimum absolute atomic E-state index is 0.0207. The number of rotatable bonds is 3. The van der Waals surface area contributed by atoms with Crippen molar-refractivity contribution in [3.8, 4) is 0 Å². The average molecular weight is 303 g/mol. The van der Waals surface area contributed by atoms with Crippen molar-refractivity contribution in [1.82, 2.24) is 0 Å². The molecule has 1 aromatic rings. The third-order valence-corrected chi connectivity index (χ3v) is 3.78. The number of benzene rings is 1. The smallest absolute Gasteiger partial charge is 0.332 e. The van der Waals surface area contributed by atoms with Crippen molar-refractivity contribution in [3.63, 3.8) is 0 Å². The molecule has 0 aromatic heterocycles. The zero-order valence-electron chi connectivity index (χ0n) is 12.9. The van der Waals surface area contributed by atoms with Crippen molar-refractivity contribution in [3.05, 3.63) is 41.6 Å². The molecule has 116 valence electrons. The Labute approximate surface area is 128 Å². The first-order valence-electron chi connectivity index (χ1n) is 6.63. The molecule has 0 saturated carbocycles. The maximum atomic E-state index is 12.5. The molecule has 0 atom stereocenters. The number of carbonyl (C=O) groups excluding carboxylic acids is 3. The fraction of sp³-hybridized carbons (Fsp3) is 0.312. The molecule has 1 heterocycles. The molecule has 0 amide bonds. The Bertz CT molecular complexity index is 661. The number of fused-ring (bicyclic) bond motifs is 1. The first-order valence-corrected chi connectivity index (χ1v) is 6.63. The van der Waals surface area contributed by atoms with Gasteiger partial charge in [0.2, 0.25) is 5.41 Å². The Balaban J connectivity index is 2.90. The zero-order chi connectivity index (χ0) is 16.5. The van der Waals surface area contributed by atoms with Crippen LogP contribution in [0.5, 0.6) is 0 Å². The second-order valence-corrected chi connectivity index (χ2v) is 4.96. The molecule has 0 aliphatic carbocycles. The summed E-state index contributed by atoms with van der Waals surface area (Å²) < 4.78 is 9.67. The summed E-state index contributed by atoms with van der Waals surface area (Å²) in [6.07, 6.45) is 1.47. The van der Waals surface area contributed by atoms with Gasteiger partial charge in [-0.2, -0.15) is 0 Å². The number of carbonyl (C=O) groups is 3. The average Bonchev–Trinajstić information content (AvgIpc) is 2.53. The van der Waals surface area contributed by atoms with Gasteiger partial charge in [-0.1, -0.05) is 18.2 Å². The largest absolute Gasteiger partial charge is 0.468 e. The topological polar surface area (TPSA) is 72.9 Å².